The van der Waals surface area contributed by atoms with Gasteiger partial charge in [0.25, 0.3) is 5.91 Å². The van der Waals surface area contributed by atoms with Crippen LogP contribution >= 0.6 is 0 Å². The molecule has 27 heavy (non-hydrogen) atoms. The monoisotopic (exact) mass is 359 g/mol. The summed E-state index contributed by atoms with van der Waals surface area (Å²) in [6.45, 7) is 3.93. The third-order valence-electron chi connectivity index (χ3n) is 4.31. The third-order valence-corrected chi connectivity index (χ3v) is 4.31. The van der Waals surface area contributed by atoms with Gasteiger partial charge in [0.1, 0.15) is 5.75 Å². The van der Waals surface area contributed by atoms with Crippen molar-refractivity contribution in [2.24, 2.45) is 0 Å². The van der Waals surface area contributed by atoms with Gasteiger partial charge in [-0.05, 0) is 61.4 Å². The van der Waals surface area contributed by atoms with E-state index in [1.165, 1.54) is 5.56 Å². The molecule has 0 heterocycles. The highest BCUT2D eigenvalue weighted by molar-refractivity contribution is 6.09. The van der Waals surface area contributed by atoms with Gasteiger partial charge in [-0.15, -0.1) is 0 Å². The van der Waals surface area contributed by atoms with Crippen molar-refractivity contribution in [1.29, 1.82) is 0 Å². The Labute approximate surface area is 158 Å². The van der Waals surface area contributed by atoms with Crippen LogP contribution in [0.4, 0.5) is 5.69 Å². The molecule has 0 fully saturated rings. The molecule has 0 unspecified atom stereocenters. The molecule has 4 nitrogen and oxygen atoms in total. The zero-order valence-electron chi connectivity index (χ0n) is 15.4. The Morgan fingerprint density at radius 1 is 0.815 bits per heavy atom. The number of carbonyl (C=O) groups excluding carboxylic acids is 2. The molecule has 3 aromatic rings. The van der Waals surface area contributed by atoms with Crippen LogP contribution in [0, 0.1) is 13.8 Å². The minimum absolute atomic E-state index is 0.0466. The van der Waals surface area contributed by atoms with Gasteiger partial charge in [-0.1, -0.05) is 36.4 Å². The summed E-state index contributed by atoms with van der Waals surface area (Å²) in [5, 5.41) is 2.81. The van der Waals surface area contributed by atoms with Gasteiger partial charge >= 0.3 is 0 Å². The maximum atomic E-state index is 12.4. The highest BCUT2D eigenvalue weighted by Gasteiger charge is 2.09. The largest absolute Gasteiger partial charge is 0.484 e. The average Bonchev–Trinajstić information content (AvgIpc) is 2.70. The molecule has 136 valence electrons. The zero-order chi connectivity index (χ0) is 19.2. The van der Waals surface area contributed by atoms with E-state index in [1.807, 2.05) is 50.2 Å². The summed E-state index contributed by atoms with van der Waals surface area (Å²) >= 11 is 0. The molecular formula is C23H21NO3. The van der Waals surface area contributed by atoms with Gasteiger partial charge < -0.3 is 10.1 Å². The lowest BCUT2D eigenvalue weighted by molar-refractivity contribution is -0.118. The van der Waals surface area contributed by atoms with Gasteiger partial charge in [-0.3, -0.25) is 9.59 Å². The number of hydrogen-bond acceptors (Lipinski definition) is 3. The van der Waals surface area contributed by atoms with Crippen LogP contribution in [0.1, 0.15) is 27.0 Å². The Hall–Kier alpha value is -3.40. The molecule has 0 aliphatic rings. The summed E-state index contributed by atoms with van der Waals surface area (Å²) in [4.78, 5) is 24.4. The van der Waals surface area contributed by atoms with Crippen LogP contribution in [0.5, 0.6) is 5.75 Å². The van der Waals surface area contributed by atoms with Crippen molar-refractivity contribution in [3.63, 3.8) is 0 Å². The quantitative estimate of drug-likeness (QED) is 0.657. The second-order valence-electron chi connectivity index (χ2n) is 6.36. The molecule has 0 saturated heterocycles. The van der Waals surface area contributed by atoms with Crippen LogP contribution < -0.4 is 10.1 Å². The topological polar surface area (TPSA) is 55.4 Å². The zero-order valence-corrected chi connectivity index (χ0v) is 15.4. The third kappa shape index (κ3) is 4.82. The van der Waals surface area contributed by atoms with E-state index in [0.29, 0.717) is 16.9 Å². The first kappa shape index (κ1) is 18.4. The standard InChI is InChI=1S/C23H21NO3/c1-16-8-11-20(14-17(16)2)24-22(25)15-27-21-12-9-19(10-13-21)23(26)18-6-4-3-5-7-18/h3-14H,15H2,1-2H3,(H,24,25). The van der Waals surface area contributed by atoms with E-state index < -0.39 is 0 Å². The molecule has 0 atom stereocenters. The molecule has 1 N–H and O–H groups in total. The van der Waals surface area contributed by atoms with Gasteiger partial charge in [0.2, 0.25) is 0 Å². The summed E-state index contributed by atoms with van der Waals surface area (Å²) < 4.78 is 5.51. The van der Waals surface area contributed by atoms with Crippen molar-refractivity contribution >= 4 is 17.4 Å². The van der Waals surface area contributed by atoms with Crippen LogP contribution in [0.3, 0.4) is 0 Å². The van der Waals surface area contributed by atoms with E-state index in [9.17, 15) is 9.59 Å². The summed E-state index contributed by atoms with van der Waals surface area (Å²) in [5.41, 5.74) is 4.25. The number of amides is 1. The normalized spacial score (nSPS) is 10.3. The molecule has 0 aliphatic heterocycles. The van der Waals surface area contributed by atoms with Crippen molar-refractivity contribution in [1.82, 2.24) is 0 Å². The summed E-state index contributed by atoms with van der Waals surface area (Å²) in [7, 11) is 0. The van der Waals surface area contributed by atoms with E-state index in [0.717, 1.165) is 11.3 Å². The highest BCUT2D eigenvalue weighted by Crippen LogP contribution is 2.16. The highest BCUT2D eigenvalue weighted by atomic mass is 16.5. The molecule has 0 aliphatic carbocycles. The second-order valence-corrected chi connectivity index (χ2v) is 6.36. The lowest BCUT2D eigenvalue weighted by Gasteiger charge is -2.09. The van der Waals surface area contributed by atoms with Gasteiger partial charge in [-0.25, -0.2) is 0 Å². The molecular weight excluding hydrogens is 338 g/mol. The van der Waals surface area contributed by atoms with Crippen LogP contribution in [0.25, 0.3) is 0 Å². The Morgan fingerprint density at radius 3 is 2.15 bits per heavy atom. The first-order chi connectivity index (χ1) is 13.0. The van der Waals surface area contributed by atoms with E-state index >= 15 is 0 Å². The van der Waals surface area contributed by atoms with Gasteiger partial charge in [0, 0.05) is 16.8 Å². The number of rotatable bonds is 6. The second kappa shape index (κ2) is 8.32. The molecule has 0 aromatic heterocycles. The Balaban J connectivity index is 1.56. The lowest BCUT2D eigenvalue weighted by Crippen LogP contribution is -2.20. The van der Waals surface area contributed by atoms with Crippen LogP contribution in [-0.2, 0) is 4.79 Å². The molecule has 0 radical (unpaired) electrons. The first-order valence-corrected chi connectivity index (χ1v) is 8.72. The summed E-state index contributed by atoms with van der Waals surface area (Å²) in [6.07, 6.45) is 0. The molecule has 3 rings (SSSR count). The minimum Gasteiger partial charge on any atom is -0.484 e. The maximum absolute atomic E-state index is 12.4. The molecule has 0 spiro atoms. The van der Waals surface area contributed by atoms with Gasteiger partial charge in [0.05, 0.1) is 0 Å². The molecule has 3 aromatic carbocycles. The van der Waals surface area contributed by atoms with E-state index in [-0.39, 0.29) is 18.3 Å². The van der Waals surface area contributed by atoms with Crippen molar-refractivity contribution in [2.45, 2.75) is 13.8 Å². The van der Waals surface area contributed by atoms with Gasteiger partial charge in [-0.2, -0.15) is 0 Å². The summed E-state index contributed by atoms with van der Waals surface area (Å²) in [5.74, 6) is 0.257. The fourth-order valence-electron chi connectivity index (χ4n) is 2.62. The number of hydrogen-bond donors (Lipinski definition) is 1. The number of ketones is 1. The number of anilines is 1. The van der Waals surface area contributed by atoms with Crippen molar-refractivity contribution in [2.75, 3.05) is 11.9 Å². The van der Waals surface area contributed by atoms with Gasteiger partial charge in [0.15, 0.2) is 12.4 Å². The SMILES string of the molecule is Cc1ccc(NC(=O)COc2ccc(C(=O)c3ccccc3)cc2)cc1C. The molecule has 4 heteroatoms. The fourth-order valence-corrected chi connectivity index (χ4v) is 2.62. The van der Waals surface area contributed by atoms with Crippen molar-refractivity contribution in [3.8, 4) is 5.75 Å². The smallest absolute Gasteiger partial charge is 0.262 e. The van der Waals surface area contributed by atoms with Crippen molar-refractivity contribution < 1.29 is 14.3 Å². The lowest BCUT2D eigenvalue weighted by atomic mass is 10.0. The number of ether oxygens (including phenoxy) is 1. The molecule has 0 saturated carbocycles. The number of nitrogens with one attached hydrogen (secondary N) is 1. The Morgan fingerprint density at radius 2 is 1.48 bits per heavy atom. The predicted molar refractivity (Wildman–Crippen MR) is 106 cm³/mol. The van der Waals surface area contributed by atoms with Crippen LogP contribution in [-0.4, -0.2) is 18.3 Å². The van der Waals surface area contributed by atoms with E-state index in [1.54, 1.807) is 36.4 Å². The van der Waals surface area contributed by atoms with Crippen LogP contribution in [0.2, 0.25) is 0 Å². The Bertz CT molecular complexity index is 947. The Kier molecular flexibility index (Phi) is 5.67. The maximum Gasteiger partial charge on any atom is 0.262 e. The average molecular weight is 359 g/mol. The number of aryl methyl sites for hydroxylation is 2. The number of benzene rings is 3. The number of carbonyl (C=O) groups is 2. The van der Waals surface area contributed by atoms with Crippen molar-refractivity contribution in [3.05, 3.63) is 95.1 Å². The van der Waals surface area contributed by atoms with E-state index in [2.05, 4.69) is 5.32 Å². The first-order valence-electron chi connectivity index (χ1n) is 8.72. The predicted octanol–water partition coefficient (Wildman–Crippen LogP) is 4.55. The summed E-state index contributed by atoms with van der Waals surface area (Å²) in [6, 6.07) is 21.6. The molecule has 0 bridgehead atoms. The molecule has 1 amide bonds. The fraction of sp³-hybridized carbons (Fsp3) is 0.130. The minimum atomic E-state index is -0.234. The van der Waals surface area contributed by atoms with E-state index in [4.69, 9.17) is 4.74 Å². The van der Waals surface area contributed by atoms with Crippen LogP contribution in [0.15, 0.2) is 72.8 Å².